The molecule has 0 fully saturated rings. The molecule has 1 aliphatic rings. The smallest absolute Gasteiger partial charge is 0.229 e. The molecule has 3 aromatic rings. The van der Waals surface area contributed by atoms with Crippen molar-refractivity contribution in [1.29, 1.82) is 5.26 Å². The van der Waals surface area contributed by atoms with Crippen molar-refractivity contribution in [3.8, 4) is 29.1 Å². The Morgan fingerprint density at radius 1 is 1.10 bits per heavy atom. The average Bonchev–Trinajstić information content (AvgIpc) is 3.08. The first-order chi connectivity index (χ1) is 14.1. The van der Waals surface area contributed by atoms with Crippen LogP contribution in [0.3, 0.4) is 0 Å². The summed E-state index contributed by atoms with van der Waals surface area (Å²) < 4.78 is 18.4. The highest BCUT2D eigenvalue weighted by molar-refractivity contribution is 5.58. The highest BCUT2D eigenvalue weighted by atomic mass is 16.5. The molecule has 4 rings (SSSR count). The zero-order valence-corrected chi connectivity index (χ0v) is 16.3. The highest BCUT2D eigenvalue weighted by Gasteiger charge is 2.36. The van der Waals surface area contributed by atoms with E-state index >= 15 is 0 Å². The van der Waals surface area contributed by atoms with Crippen LogP contribution in [-0.4, -0.2) is 24.0 Å². The summed E-state index contributed by atoms with van der Waals surface area (Å²) in [5, 5.41) is 14.5. The van der Waals surface area contributed by atoms with Gasteiger partial charge in [0.25, 0.3) is 0 Å². The Bertz CT molecular complexity index is 1120. The van der Waals surface area contributed by atoms with Gasteiger partial charge in [-0.3, -0.25) is 0 Å². The van der Waals surface area contributed by atoms with Crippen LogP contribution in [0.2, 0.25) is 0 Å². The van der Waals surface area contributed by atoms with E-state index in [0.29, 0.717) is 23.0 Å². The van der Waals surface area contributed by atoms with Gasteiger partial charge in [0.1, 0.15) is 23.1 Å². The fourth-order valence-corrected chi connectivity index (χ4v) is 3.59. The molecule has 0 spiro atoms. The summed E-state index contributed by atoms with van der Waals surface area (Å²) in [6.07, 6.45) is 0. The first-order valence-electron chi connectivity index (χ1n) is 9.02. The molecule has 29 heavy (non-hydrogen) atoms. The van der Waals surface area contributed by atoms with Gasteiger partial charge in [-0.15, -0.1) is 0 Å². The van der Waals surface area contributed by atoms with Crippen molar-refractivity contribution < 1.29 is 14.2 Å². The lowest BCUT2D eigenvalue weighted by molar-refractivity contribution is 0.366. The number of benzene rings is 2. The van der Waals surface area contributed by atoms with Gasteiger partial charge in [0.15, 0.2) is 0 Å². The molecule has 7 nitrogen and oxygen atoms in total. The van der Waals surface area contributed by atoms with E-state index in [1.54, 1.807) is 25.0 Å². The van der Waals surface area contributed by atoms with E-state index in [1.165, 1.54) is 0 Å². The van der Waals surface area contributed by atoms with E-state index in [0.717, 1.165) is 22.5 Å². The van der Waals surface area contributed by atoms with E-state index in [9.17, 15) is 5.26 Å². The molecule has 0 amide bonds. The molecule has 2 N–H and O–H groups in total. The Morgan fingerprint density at radius 2 is 1.76 bits per heavy atom. The van der Waals surface area contributed by atoms with Gasteiger partial charge in [-0.1, -0.05) is 18.2 Å². The quantitative estimate of drug-likeness (QED) is 0.736. The lowest BCUT2D eigenvalue weighted by atomic mass is 9.84. The maximum Gasteiger partial charge on any atom is 0.229 e. The van der Waals surface area contributed by atoms with Gasteiger partial charge in [-0.25, -0.2) is 4.68 Å². The molecule has 1 aliphatic heterocycles. The standard InChI is InChI=1S/C22H20N4O3/c1-13-19-20(14-9-16(27-2)11-17(10-14)28-3)18(12-23)21(24)29-22(19)26(25-13)15-7-5-4-6-8-15/h4-11,20H,24H2,1-3H3. The maximum absolute atomic E-state index is 9.83. The highest BCUT2D eigenvalue weighted by Crippen LogP contribution is 2.45. The van der Waals surface area contributed by atoms with Crippen LogP contribution in [0, 0.1) is 18.3 Å². The van der Waals surface area contributed by atoms with Crippen LogP contribution >= 0.6 is 0 Å². The molecule has 0 saturated carbocycles. The molecule has 0 saturated heterocycles. The first kappa shape index (κ1) is 18.4. The number of methoxy groups -OCH3 is 2. The van der Waals surface area contributed by atoms with Crippen LogP contribution in [0.5, 0.6) is 17.4 Å². The van der Waals surface area contributed by atoms with Gasteiger partial charge in [0.05, 0.1) is 37.1 Å². The Hall–Kier alpha value is -3.92. The molecular formula is C22H20N4O3. The van der Waals surface area contributed by atoms with Gasteiger partial charge in [0.2, 0.25) is 11.8 Å². The van der Waals surface area contributed by atoms with Gasteiger partial charge in [-0.05, 0) is 36.8 Å². The number of aromatic nitrogens is 2. The van der Waals surface area contributed by atoms with Crippen LogP contribution < -0.4 is 19.9 Å². The van der Waals surface area contributed by atoms with E-state index in [-0.39, 0.29) is 5.88 Å². The van der Waals surface area contributed by atoms with Crippen molar-refractivity contribution in [3.63, 3.8) is 0 Å². The zero-order chi connectivity index (χ0) is 20.5. The predicted molar refractivity (Wildman–Crippen MR) is 107 cm³/mol. The van der Waals surface area contributed by atoms with Crippen molar-refractivity contribution >= 4 is 0 Å². The van der Waals surface area contributed by atoms with Gasteiger partial charge >= 0.3 is 0 Å². The third-order valence-corrected chi connectivity index (χ3v) is 4.94. The van der Waals surface area contributed by atoms with Crippen molar-refractivity contribution in [2.75, 3.05) is 14.2 Å². The van der Waals surface area contributed by atoms with Crippen molar-refractivity contribution in [1.82, 2.24) is 9.78 Å². The molecule has 0 aliphatic carbocycles. The average molecular weight is 388 g/mol. The third kappa shape index (κ3) is 3.05. The van der Waals surface area contributed by atoms with Crippen molar-refractivity contribution in [2.24, 2.45) is 5.73 Å². The Morgan fingerprint density at radius 3 is 2.34 bits per heavy atom. The topological polar surface area (TPSA) is 95.3 Å². The first-order valence-corrected chi connectivity index (χ1v) is 9.02. The number of rotatable bonds is 4. The number of aryl methyl sites for hydroxylation is 1. The molecule has 1 atom stereocenters. The number of para-hydroxylation sites is 1. The van der Waals surface area contributed by atoms with E-state index < -0.39 is 5.92 Å². The summed E-state index contributed by atoms with van der Waals surface area (Å²) >= 11 is 0. The van der Waals surface area contributed by atoms with Crippen LogP contribution in [0.15, 0.2) is 60.0 Å². The van der Waals surface area contributed by atoms with Crippen LogP contribution in [0.4, 0.5) is 0 Å². The monoisotopic (exact) mass is 388 g/mol. The SMILES string of the molecule is COc1cc(OC)cc(C2C(C#N)=C(N)Oc3c2c(C)nn3-c2ccccc2)c1. The zero-order valence-electron chi connectivity index (χ0n) is 16.3. The third-order valence-electron chi connectivity index (χ3n) is 4.94. The minimum Gasteiger partial charge on any atom is -0.497 e. The molecule has 2 aromatic carbocycles. The number of nitriles is 1. The van der Waals surface area contributed by atoms with Gasteiger partial charge < -0.3 is 19.9 Å². The number of allylic oxidation sites excluding steroid dienone is 1. The fraction of sp³-hybridized carbons (Fsp3) is 0.182. The number of nitrogens with zero attached hydrogens (tertiary/aromatic N) is 3. The minimum atomic E-state index is -0.454. The van der Waals surface area contributed by atoms with Crippen LogP contribution in [0.25, 0.3) is 5.69 Å². The summed E-state index contributed by atoms with van der Waals surface area (Å²) in [6.45, 7) is 1.89. The summed E-state index contributed by atoms with van der Waals surface area (Å²) in [6, 6.07) is 17.4. The summed E-state index contributed by atoms with van der Waals surface area (Å²) in [4.78, 5) is 0. The van der Waals surface area contributed by atoms with E-state index in [4.69, 9.17) is 19.9 Å². The van der Waals surface area contributed by atoms with Crippen molar-refractivity contribution in [3.05, 3.63) is 76.8 Å². The second kappa shape index (κ2) is 7.24. The number of ether oxygens (including phenoxy) is 3. The van der Waals surface area contributed by atoms with Gasteiger partial charge in [-0.2, -0.15) is 10.4 Å². The Kier molecular flexibility index (Phi) is 4.61. The second-order valence-corrected chi connectivity index (χ2v) is 6.62. The second-order valence-electron chi connectivity index (χ2n) is 6.62. The van der Waals surface area contributed by atoms with Crippen LogP contribution in [-0.2, 0) is 0 Å². The van der Waals surface area contributed by atoms with Gasteiger partial charge in [0, 0.05) is 6.07 Å². The Balaban J connectivity index is 1.97. The normalized spacial score (nSPS) is 15.3. The molecular weight excluding hydrogens is 368 g/mol. The molecule has 2 heterocycles. The fourth-order valence-electron chi connectivity index (χ4n) is 3.59. The largest absolute Gasteiger partial charge is 0.497 e. The van der Waals surface area contributed by atoms with E-state index in [2.05, 4.69) is 11.2 Å². The summed E-state index contributed by atoms with van der Waals surface area (Å²) in [7, 11) is 3.17. The van der Waals surface area contributed by atoms with Crippen molar-refractivity contribution in [2.45, 2.75) is 12.8 Å². The predicted octanol–water partition coefficient (Wildman–Crippen LogP) is 3.42. The molecule has 1 aromatic heterocycles. The lowest BCUT2D eigenvalue weighted by Gasteiger charge is -2.25. The Labute approximate surface area is 168 Å². The number of hydrogen-bond donors (Lipinski definition) is 1. The number of nitrogens with two attached hydrogens (primary N) is 1. The molecule has 7 heteroatoms. The molecule has 0 bridgehead atoms. The summed E-state index contributed by atoms with van der Waals surface area (Å²) in [5.41, 5.74) is 9.66. The minimum absolute atomic E-state index is 0.0591. The van der Waals surface area contributed by atoms with E-state index in [1.807, 2.05) is 49.4 Å². The molecule has 0 radical (unpaired) electrons. The number of fused-ring (bicyclic) bond motifs is 1. The number of hydrogen-bond acceptors (Lipinski definition) is 6. The maximum atomic E-state index is 9.83. The van der Waals surface area contributed by atoms with Crippen LogP contribution in [0.1, 0.15) is 22.7 Å². The summed E-state index contributed by atoms with van der Waals surface area (Å²) in [5.74, 6) is 1.35. The molecule has 146 valence electrons. The lowest BCUT2D eigenvalue weighted by Crippen LogP contribution is -2.22. The molecule has 1 unspecified atom stereocenters.